The van der Waals surface area contributed by atoms with E-state index in [1.165, 1.54) is 0 Å². The molecule has 0 bridgehead atoms. The highest BCUT2D eigenvalue weighted by molar-refractivity contribution is 5.79. The van der Waals surface area contributed by atoms with Crippen molar-refractivity contribution in [2.45, 2.75) is 40.2 Å². The third-order valence-electron chi connectivity index (χ3n) is 2.61. The fraction of sp³-hybridized carbons (Fsp3) is 0.667. The van der Waals surface area contributed by atoms with Crippen LogP contribution in [0.25, 0.3) is 0 Å². The Hall–Kier alpha value is -1.52. The summed E-state index contributed by atoms with van der Waals surface area (Å²) in [6.45, 7) is 7.75. The van der Waals surface area contributed by atoms with Crippen LogP contribution in [0, 0.1) is 0 Å². The Balaban J connectivity index is 2.70. The van der Waals surface area contributed by atoms with Gasteiger partial charge in [-0.3, -0.25) is 4.99 Å². The quantitative estimate of drug-likeness (QED) is 0.602. The first-order chi connectivity index (χ1) is 8.26. The Morgan fingerprint density at radius 2 is 2.00 bits per heavy atom. The summed E-state index contributed by atoms with van der Waals surface area (Å²) in [5.41, 5.74) is 2.19. The van der Waals surface area contributed by atoms with Crippen molar-refractivity contribution in [1.29, 1.82) is 0 Å². The summed E-state index contributed by atoms with van der Waals surface area (Å²) in [7, 11) is 1.76. The third kappa shape index (κ3) is 3.47. The first-order valence-corrected chi connectivity index (χ1v) is 6.17. The molecule has 0 atom stereocenters. The monoisotopic (exact) mass is 238 g/mol. The summed E-state index contributed by atoms with van der Waals surface area (Å²) in [6, 6.07) is 0. The highest BCUT2D eigenvalue weighted by atomic mass is 16.5. The second-order valence-electron chi connectivity index (χ2n) is 3.69. The van der Waals surface area contributed by atoms with E-state index in [0.29, 0.717) is 6.54 Å². The van der Waals surface area contributed by atoms with Gasteiger partial charge in [-0.2, -0.15) is 0 Å². The van der Waals surface area contributed by atoms with Crippen LogP contribution in [0.2, 0.25) is 0 Å². The Morgan fingerprint density at radius 1 is 1.24 bits per heavy atom. The molecule has 17 heavy (non-hydrogen) atoms. The van der Waals surface area contributed by atoms with Crippen molar-refractivity contribution in [2.75, 3.05) is 13.6 Å². The summed E-state index contributed by atoms with van der Waals surface area (Å²) < 4.78 is 5.31. The van der Waals surface area contributed by atoms with E-state index in [1.807, 2.05) is 6.92 Å². The molecule has 5 heteroatoms. The van der Waals surface area contributed by atoms with Gasteiger partial charge in [0, 0.05) is 32.1 Å². The fourth-order valence-electron chi connectivity index (χ4n) is 1.70. The highest BCUT2D eigenvalue weighted by Gasteiger charge is 2.13. The van der Waals surface area contributed by atoms with Gasteiger partial charge in [0.25, 0.3) is 0 Å². The molecule has 2 N–H and O–H groups in total. The highest BCUT2D eigenvalue weighted by Crippen LogP contribution is 2.15. The summed E-state index contributed by atoms with van der Waals surface area (Å²) in [5, 5.41) is 10.5. The molecule has 0 spiro atoms. The largest absolute Gasteiger partial charge is 0.361 e. The smallest absolute Gasteiger partial charge is 0.191 e. The maximum Gasteiger partial charge on any atom is 0.191 e. The average Bonchev–Trinajstić information content (AvgIpc) is 2.76. The van der Waals surface area contributed by atoms with Crippen molar-refractivity contribution in [3.8, 4) is 0 Å². The normalized spacial score (nSPS) is 11.6. The first kappa shape index (κ1) is 13.5. The van der Waals surface area contributed by atoms with Gasteiger partial charge in [-0.05, 0) is 13.3 Å². The molecule has 1 heterocycles. The zero-order valence-electron chi connectivity index (χ0n) is 11.1. The molecule has 0 aliphatic rings. The van der Waals surface area contributed by atoms with Crippen LogP contribution in [0.3, 0.4) is 0 Å². The Bertz CT molecular complexity index is 349. The molecule has 1 aromatic heterocycles. The van der Waals surface area contributed by atoms with Crippen molar-refractivity contribution in [2.24, 2.45) is 4.99 Å². The number of nitrogens with zero attached hydrogens (tertiary/aromatic N) is 2. The molecule has 96 valence electrons. The molecule has 0 amide bonds. The van der Waals surface area contributed by atoms with Gasteiger partial charge in [0.15, 0.2) is 5.96 Å². The van der Waals surface area contributed by atoms with Crippen LogP contribution < -0.4 is 10.6 Å². The number of hydrogen-bond donors (Lipinski definition) is 2. The molecule has 1 aromatic rings. The molecular formula is C12H22N4O. The minimum Gasteiger partial charge on any atom is -0.361 e. The topological polar surface area (TPSA) is 62.5 Å². The lowest BCUT2D eigenvalue weighted by molar-refractivity contribution is 0.380. The molecular weight excluding hydrogens is 216 g/mol. The van der Waals surface area contributed by atoms with E-state index < -0.39 is 0 Å². The molecule has 0 aliphatic carbocycles. The molecule has 0 saturated carbocycles. The summed E-state index contributed by atoms with van der Waals surface area (Å²) in [5.74, 6) is 1.76. The van der Waals surface area contributed by atoms with E-state index in [-0.39, 0.29) is 0 Å². The first-order valence-electron chi connectivity index (χ1n) is 6.17. The van der Waals surface area contributed by atoms with Gasteiger partial charge in [0.05, 0.1) is 5.69 Å². The molecule has 0 radical (unpaired) electrons. The van der Waals surface area contributed by atoms with Crippen LogP contribution in [0.5, 0.6) is 0 Å². The maximum atomic E-state index is 5.31. The Morgan fingerprint density at radius 3 is 2.53 bits per heavy atom. The van der Waals surface area contributed by atoms with Gasteiger partial charge in [0.2, 0.25) is 0 Å². The van der Waals surface area contributed by atoms with Gasteiger partial charge in [-0.1, -0.05) is 19.0 Å². The second kappa shape index (κ2) is 6.93. The van der Waals surface area contributed by atoms with Crippen LogP contribution >= 0.6 is 0 Å². The predicted octanol–water partition coefficient (Wildman–Crippen LogP) is 1.48. The van der Waals surface area contributed by atoms with E-state index in [9.17, 15) is 0 Å². The van der Waals surface area contributed by atoms with Gasteiger partial charge < -0.3 is 15.2 Å². The lowest BCUT2D eigenvalue weighted by Gasteiger charge is -2.10. The lowest BCUT2D eigenvalue weighted by atomic mass is 10.1. The van der Waals surface area contributed by atoms with Crippen molar-refractivity contribution < 1.29 is 4.52 Å². The Labute approximate surface area is 103 Å². The van der Waals surface area contributed by atoms with E-state index in [2.05, 4.69) is 34.6 Å². The number of aryl methyl sites for hydroxylation is 2. The van der Waals surface area contributed by atoms with Crippen LogP contribution in [-0.2, 0) is 19.4 Å². The van der Waals surface area contributed by atoms with Crippen LogP contribution in [0.1, 0.15) is 37.8 Å². The molecule has 0 aliphatic heterocycles. The maximum absolute atomic E-state index is 5.31. The number of aliphatic imine (C=N–C) groups is 1. The number of hydrogen-bond acceptors (Lipinski definition) is 3. The van der Waals surface area contributed by atoms with Gasteiger partial charge in [-0.15, -0.1) is 0 Å². The predicted molar refractivity (Wildman–Crippen MR) is 69.1 cm³/mol. The van der Waals surface area contributed by atoms with Crippen molar-refractivity contribution >= 4 is 5.96 Å². The van der Waals surface area contributed by atoms with Crippen LogP contribution in [0.15, 0.2) is 9.52 Å². The zero-order valence-corrected chi connectivity index (χ0v) is 11.1. The second-order valence-corrected chi connectivity index (χ2v) is 3.69. The van der Waals surface area contributed by atoms with Crippen LogP contribution in [0.4, 0.5) is 0 Å². The molecule has 5 nitrogen and oxygen atoms in total. The number of rotatable bonds is 5. The molecule has 0 fully saturated rings. The van der Waals surface area contributed by atoms with Crippen molar-refractivity contribution in [1.82, 2.24) is 15.8 Å². The molecule has 0 saturated heterocycles. The minimum absolute atomic E-state index is 0.704. The number of guanidine groups is 1. The fourth-order valence-corrected chi connectivity index (χ4v) is 1.70. The third-order valence-corrected chi connectivity index (χ3v) is 2.61. The van der Waals surface area contributed by atoms with Crippen molar-refractivity contribution in [3.63, 3.8) is 0 Å². The molecule has 0 aromatic carbocycles. The van der Waals surface area contributed by atoms with E-state index in [0.717, 1.165) is 42.4 Å². The number of aromatic nitrogens is 1. The zero-order chi connectivity index (χ0) is 12.7. The minimum atomic E-state index is 0.704. The molecule has 1 rings (SSSR count). The standard InChI is InChI=1S/C12H22N4O/c1-5-10-9(11(6-2)17-16-10)8-15-12(13-4)14-7-3/h5-8H2,1-4H3,(H2,13,14,15). The number of nitrogens with one attached hydrogen (secondary N) is 2. The van der Waals surface area contributed by atoms with E-state index >= 15 is 0 Å². The van der Waals surface area contributed by atoms with Crippen LogP contribution in [-0.4, -0.2) is 24.7 Å². The summed E-state index contributed by atoms with van der Waals surface area (Å²) in [6.07, 6.45) is 1.75. The Kier molecular flexibility index (Phi) is 5.52. The van der Waals surface area contributed by atoms with Crippen molar-refractivity contribution in [3.05, 3.63) is 17.0 Å². The lowest BCUT2D eigenvalue weighted by Crippen LogP contribution is -2.36. The summed E-state index contributed by atoms with van der Waals surface area (Å²) >= 11 is 0. The van der Waals surface area contributed by atoms with E-state index in [4.69, 9.17) is 4.52 Å². The summed E-state index contributed by atoms with van der Waals surface area (Å²) in [4.78, 5) is 4.13. The SMILES string of the molecule is CCNC(=NC)NCc1c(CC)noc1CC. The van der Waals surface area contributed by atoms with E-state index in [1.54, 1.807) is 7.05 Å². The van der Waals surface area contributed by atoms with Gasteiger partial charge >= 0.3 is 0 Å². The van der Waals surface area contributed by atoms with Gasteiger partial charge in [0.1, 0.15) is 5.76 Å². The van der Waals surface area contributed by atoms with Gasteiger partial charge in [-0.25, -0.2) is 0 Å². The molecule has 0 unspecified atom stereocenters. The average molecular weight is 238 g/mol.